The number of rotatable bonds is 3. The van der Waals surface area contributed by atoms with E-state index >= 15 is 0 Å². The van der Waals surface area contributed by atoms with E-state index < -0.39 is 30.3 Å². The highest BCUT2D eigenvalue weighted by atomic mass is 16.6. The predicted molar refractivity (Wildman–Crippen MR) is 42.7 cm³/mol. The van der Waals surface area contributed by atoms with Crippen LogP contribution in [0.25, 0.3) is 0 Å². The van der Waals surface area contributed by atoms with Gasteiger partial charge in [-0.15, -0.1) is 0 Å². The quantitative estimate of drug-likeness (QED) is 0.656. The van der Waals surface area contributed by atoms with E-state index in [2.05, 4.69) is 0 Å². The van der Waals surface area contributed by atoms with Gasteiger partial charge in [0.15, 0.2) is 0 Å². The standard InChI is InChI=1S/C8H14O4/c1-8(2,3)12-7(11)5-4-6(9)10/h4-5H2,1-3H3,(H,9,10)/i4D2. The van der Waals surface area contributed by atoms with E-state index in [9.17, 15) is 9.59 Å². The fraction of sp³-hybridized carbons (Fsp3) is 0.750. The Balaban J connectivity index is 4.27. The lowest BCUT2D eigenvalue weighted by molar-refractivity contribution is -0.157. The Hall–Kier alpha value is -1.06. The van der Waals surface area contributed by atoms with Gasteiger partial charge in [-0.05, 0) is 20.8 Å². The first-order chi connectivity index (χ1) is 6.04. The molecule has 0 saturated heterocycles. The highest BCUT2D eigenvalue weighted by molar-refractivity contribution is 5.76. The zero-order valence-corrected chi connectivity index (χ0v) is 7.38. The van der Waals surface area contributed by atoms with E-state index in [4.69, 9.17) is 12.6 Å². The minimum absolute atomic E-state index is 0.730. The summed E-state index contributed by atoms with van der Waals surface area (Å²) in [6.45, 7) is 4.88. The van der Waals surface area contributed by atoms with Crippen molar-refractivity contribution in [2.45, 2.75) is 39.2 Å². The van der Waals surface area contributed by atoms with Crippen LogP contribution >= 0.6 is 0 Å². The van der Waals surface area contributed by atoms with Gasteiger partial charge in [0.2, 0.25) is 0 Å². The molecule has 0 bridgehead atoms. The Morgan fingerprint density at radius 1 is 1.50 bits per heavy atom. The van der Waals surface area contributed by atoms with Crippen LogP contribution in [0.1, 0.15) is 36.3 Å². The first kappa shape index (κ1) is 7.58. The van der Waals surface area contributed by atoms with Gasteiger partial charge in [0, 0.05) is 2.74 Å². The Morgan fingerprint density at radius 2 is 2.00 bits per heavy atom. The number of carbonyl (C=O) groups is 2. The lowest BCUT2D eigenvalue weighted by Gasteiger charge is -2.18. The molecule has 0 heterocycles. The van der Waals surface area contributed by atoms with Crippen molar-refractivity contribution in [2.24, 2.45) is 0 Å². The minimum atomic E-state index is -2.57. The molecule has 0 aromatic carbocycles. The van der Waals surface area contributed by atoms with Gasteiger partial charge in [0.1, 0.15) is 5.60 Å². The molecule has 0 aliphatic rings. The molecule has 0 fully saturated rings. The Bertz CT molecular complexity index is 242. The number of aliphatic carboxylic acids is 1. The fourth-order valence-electron chi connectivity index (χ4n) is 0.525. The third-order valence-electron chi connectivity index (χ3n) is 0.804. The fourth-order valence-corrected chi connectivity index (χ4v) is 0.525. The van der Waals surface area contributed by atoms with Crippen molar-refractivity contribution >= 4 is 11.9 Å². The van der Waals surface area contributed by atoms with Gasteiger partial charge in [0.05, 0.1) is 12.8 Å². The summed E-state index contributed by atoms with van der Waals surface area (Å²) in [6.07, 6.45) is -3.35. The zero-order valence-electron chi connectivity index (χ0n) is 9.38. The van der Waals surface area contributed by atoms with Crippen LogP contribution in [0.3, 0.4) is 0 Å². The van der Waals surface area contributed by atoms with Crippen molar-refractivity contribution < 1.29 is 22.2 Å². The number of carboxylic acids is 1. The molecule has 0 aliphatic heterocycles. The van der Waals surface area contributed by atoms with Gasteiger partial charge in [-0.2, -0.15) is 0 Å². The third-order valence-corrected chi connectivity index (χ3v) is 0.804. The van der Waals surface area contributed by atoms with Crippen molar-refractivity contribution in [1.82, 2.24) is 0 Å². The minimum Gasteiger partial charge on any atom is -0.481 e. The van der Waals surface area contributed by atoms with Gasteiger partial charge in [-0.3, -0.25) is 9.59 Å². The van der Waals surface area contributed by atoms with E-state index in [1.165, 1.54) is 0 Å². The van der Waals surface area contributed by atoms with Crippen LogP contribution in [0, 0.1) is 0 Å². The first-order valence-corrected chi connectivity index (χ1v) is 3.50. The Labute approximate surface area is 74.3 Å². The van der Waals surface area contributed by atoms with Crippen LogP contribution in [0.4, 0.5) is 0 Å². The van der Waals surface area contributed by atoms with Crippen LogP contribution < -0.4 is 0 Å². The SMILES string of the molecule is [2H]C([2H])(CC(=O)OC(C)(C)C)C(=O)O. The molecule has 0 aliphatic carbocycles. The summed E-state index contributed by atoms with van der Waals surface area (Å²) in [5.74, 6) is -2.52. The van der Waals surface area contributed by atoms with Gasteiger partial charge < -0.3 is 9.84 Å². The zero-order chi connectivity index (χ0) is 11.6. The summed E-state index contributed by atoms with van der Waals surface area (Å²) in [4.78, 5) is 21.4. The van der Waals surface area contributed by atoms with E-state index in [0.717, 1.165) is 0 Å². The second-order valence-electron chi connectivity index (χ2n) is 3.25. The van der Waals surface area contributed by atoms with Crippen LogP contribution in [-0.2, 0) is 14.3 Å². The lowest BCUT2D eigenvalue weighted by Crippen LogP contribution is -2.24. The third kappa shape index (κ3) is 7.05. The summed E-state index contributed by atoms with van der Waals surface area (Å²) in [7, 11) is 0. The van der Waals surface area contributed by atoms with Gasteiger partial charge in [-0.1, -0.05) is 0 Å². The number of carboxylic acid groups (broad SMARTS) is 1. The van der Waals surface area contributed by atoms with Crippen molar-refractivity contribution in [3.8, 4) is 0 Å². The van der Waals surface area contributed by atoms with E-state index in [0.29, 0.717) is 0 Å². The van der Waals surface area contributed by atoms with Crippen LogP contribution in [0.5, 0.6) is 0 Å². The summed E-state index contributed by atoms with van der Waals surface area (Å²) < 4.78 is 18.8. The maximum Gasteiger partial charge on any atom is 0.306 e. The molecular formula is C8H14O4. The molecular weight excluding hydrogens is 160 g/mol. The molecule has 4 heteroatoms. The van der Waals surface area contributed by atoms with Crippen LogP contribution in [-0.4, -0.2) is 22.6 Å². The number of hydrogen-bond donors (Lipinski definition) is 1. The largest absolute Gasteiger partial charge is 0.481 e. The number of carbonyl (C=O) groups excluding carboxylic acids is 1. The maximum absolute atomic E-state index is 11.1. The number of hydrogen-bond acceptors (Lipinski definition) is 3. The molecule has 0 saturated carbocycles. The van der Waals surface area contributed by atoms with Crippen molar-refractivity contribution in [3.05, 3.63) is 0 Å². The summed E-state index contributed by atoms with van der Waals surface area (Å²) in [5.41, 5.74) is -0.730. The maximum atomic E-state index is 11.1. The molecule has 0 aromatic rings. The van der Waals surface area contributed by atoms with Crippen LogP contribution in [0.15, 0.2) is 0 Å². The number of esters is 1. The van der Waals surface area contributed by atoms with Crippen LogP contribution in [0.2, 0.25) is 0 Å². The smallest absolute Gasteiger partial charge is 0.306 e. The monoisotopic (exact) mass is 176 g/mol. The molecule has 0 atom stereocenters. The summed E-state index contributed by atoms with van der Waals surface area (Å²) >= 11 is 0. The molecule has 0 spiro atoms. The average Bonchev–Trinajstić information content (AvgIpc) is 1.79. The number of ether oxygens (including phenoxy) is 1. The molecule has 1 N–H and O–H groups in total. The molecule has 0 aromatic heterocycles. The van der Waals surface area contributed by atoms with Crippen molar-refractivity contribution in [2.75, 3.05) is 0 Å². The molecule has 0 amide bonds. The molecule has 0 rings (SSSR count). The Morgan fingerprint density at radius 3 is 2.33 bits per heavy atom. The first-order valence-electron chi connectivity index (χ1n) is 4.50. The predicted octanol–water partition coefficient (Wildman–Crippen LogP) is 1.19. The molecule has 0 radical (unpaired) electrons. The van der Waals surface area contributed by atoms with E-state index in [1.807, 2.05) is 0 Å². The van der Waals surface area contributed by atoms with Gasteiger partial charge in [0.25, 0.3) is 0 Å². The summed E-state index contributed by atoms with van der Waals surface area (Å²) in [5, 5.41) is 8.41. The molecule has 70 valence electrons. The molecule has 12 heavy (non-hydrogen) atoms. The Kier molecular flexibility index (Phi) is 2.58. The highest BCUT2D eigenvalue weighted by Gasteiger charge is 2.16. The highest BCUT2D eigenvalue weighted by Crippen LogP contribution is 2.08. The van der Waals surface area contributed by atoms with Crippen molar-refractivity contribution in [1.29, 1.82) is 0 Å². The van der Waals surface area contributed by atoms with Gasteiger partial charge in [-0.25, -0.2) is 0 Å². The second kappa shape index (κ2) is 4.09. The van der Waals surface area contributed by atoms with E-state index in [-0.39, 0.29) is 0 Å². The lowest BCUT2D eigenvalue weighted by atomic mass is 10.2. The second-order valence-corrected chi connectivity index (χ2v) is 3.25. The topological polar surface area (TPSA) is 63.6 Å². The van der Waals surface area contributed by atoms with Crippen molar-refractivity contribution in [3.63, 3.8) is 0 Å². The molecule has 0 unspecified atom stereocenters. The van der Waals surface area contributed by atoms with E-state index in [1.54, 1.807) is 20.8 Å². The molecule has 4 nitrogen and oxygen atoms in total. The van der Waals surface area contributed by atoms with Gasteiger partial charge >= 0.3 is 11.9 Å². The average molecular weight is 176 g/mol. The summed E-state index contributed by atoms with van der Waals surface area (Å²) in [6, 6.07) is 0. The normalized spacial score (nSPS) is 14.6.